The third-order valence-corrected chi connectivity index (χ3v) is 10.7. The van der Waals surface area contributed by atoms with Crippen molar-refractivity contribution in [3.63, 3.8) is 0 Å². The molecule has 0 radical (unpaired) electrons. The molecule has 5 aliphatic rings. The second-order valence-electron chi connectivity index (χ2n) is 12.3. The van der Waals surface area contributed by atoms with Gasteiger partial charge in [0.1, 0.15) is 0 Å². The van der Waals surface area contributed by atoms with E-state index in [1.165, 1.54) is 57.8 Å². The molecule has 1 aliphatic heterocycles. The van der Waals surface area contributed by atoms with Crippen LogP contribution in [-0.4, -0.2) is 12.2 Å². The van der Waals surface area contributed by atoms with Gasteiger partial charge in [0.25, 0.3) is 0 Å². The van der Waals surface area contributed by atoms with Gasteiger partial charge in [0.05, 0.1) is 12.2 Å². The first-order valence-electron chi connectivity index (χ1n) is 11.9. The molecule has 1 saturated heterocycles. The first kappa shape index (κ1) is 18.0. The van der Waals surface area contributed by atoms with Crippen LogP contribution in [0, 0.1) is 52.3 Å². The quantitative estimate of drug-likeness (QED) is 0.475. The molecular formula is C25H42O. The molecule has 26 heavy (non-hydrogen) atoms. The fourth-order valence-corrected chi connectivity index (χ4v) is 9.62. The number of rotatable bonds is 1. The maximum absolute atomic E-state index is 6.03. The normalized spacial score (nSPS) is 62.0. The third-order valence-electron chi connectivity index (χ3n) is 10.7. The highest BCUT2D eigenvalue weighted by atomic mass is 16.6. The molecule has 0 spiro atoms. The molecule has 4 unspecified atom stereocenters. The van der Waals surface area contributed by atoms with Gasteiger partial charge in [0, 0.05) is 0 Å². The smallest absolute Gasteiger partial charge is 0.0921 e. The molecular weight excluding hydrogens is 316 g/mol. The highest BCUT2D eigenvalue weighted by Crippen LogP contribution is 2.68. The van der Waals surface area contributed by atoms with Crippen LogP contribution in [0.3, 0.4) is 0 Å². The lowest BCUT2D eigenvalue weighted by atomic mass is 9.40. The molecule has 1 heterocycles. The molecule has 0 aromatic carbocycles. The van der Waals surface area contributed by atoms with Crippen molar-refractivity contribution in [2.24, 2.45) is 52.3 Å². The standard InChI is InChI=1S/C25H42O/c1-16-6-8-20-18-11-13-24(4)21(25(5)15-26-25)9-7-17(2)22(24)19(18)10-12-23(20,3)14-16/h16-22H,6-15H2,1-5H3/t16-,17+,18?,19?,20+,21-,22?,23+,24+,25?/m0/s1. The van der Waals surface area contributed by atoms with E-state index in [2.05, 4.69) is 34.6 Å². The average molecular weight is 359 g/mol. The topological polar surface area (TPSA) is 12.5 Å². The van der Waals surface area contributed by atoms with Crippen molar-refractivity contribution < 1.29 is 4.74 Å². The average Bonchev–Trinajstić information content (AvgIpc) is 3.31. The van der Waals surface area contributed by atoms with E-state index in [9.17, 15) is 0 Å². The SMILES string of the molecule is C[C@H]1CC[C@@H]2C3CC[C@@]4(C)C(C3CC[C@]2(C)C1)[C@H](C)CC[C@@H]4C1(C)CO1. The second kappa shape index (κ2) is 5.74. The van der Waals surface area contributed by atoms with Gasteiger partial charge in [-0.05, 0) is 104 Å². The fourth-order valence-electron chi connectivity index (χ4n) is 9.62. The zero-order chi connectivity index (χ0) is 18.3. The predicted molar refractivity (Wildman–Crippen MR) is 108 cm³/mol. The number of ether oxygens (including phenoxy) is 1. The lowest BCUT2D eigenvalue weighted by Crippen LogP contribution is -2.58. The van der Waals surface area contributed by atoms with Crippen LogP contribution in [-0.2, 0) is 4.74 Å². The highest BCUT2D eigenvalue weighted by molar-refractivity contribution is 5.12. The van der Waals surface area contributed by atoms with Crippen molar-refractivity contribution in [1.82, 2.24) is 0 Å². The Morgan fingerprint density at radius 2 is 1.54 bits per heavy atom. The minimum Gasteiger partial charge on any atom is -0.370 e. The molecule has 1 heteroatoms. The van der Waals surface area contributed by atoms with Gasteiger partial charge in [-0.15, -0.1) is 0 Å². The molecule has 0 aromatic rings. The van der Waals surface area contributed by atoms with Crippen LogP contribution in [0.15, 0.2) is 0 Å². The Morgan fingerprint density at radius 1 is 0.808 bits per heavy atom. The Labute approximate surface area is 162 Å². The maximum Gasteiger partial charge on any atom is 0.0921 e. The summed E-state index contributed by atoms with van der Waals surface area (Å²) < 4.78 is 6.03. The van der Waals surface area contributed by atoms with Gasteiger partial charge < -0.3 is 4.74 Å². The summed E-state index contributed by atoms with van der Waals surface area (Å²) in [4.78, 5) is 0. The minimum absolute atomic E-state index is 0.226. The van der Waals surface area contributed by atoms with Crippen molar-refractivity contribution in [1.29, 1.82) is 0 Å². The summed E-state index contributed by atoms with van der Waals surface area (Å²) in [5.41, 5.74) is 1.43. The van der Waals surface area contributed by atoms with Gasteiger partial charge in [-0.2, -0.15) is 0 Å². The molecule has 0 aromatic heterocycles. The van der Waals surface area contributed by atoms with Crippen molar-refractivity contribution in [2.75, 3.05) is 6.61 Å². The summed E-state index contributed by atoms with van der Waals surface area (Å²) in [5, 5.41) is 0. The van der Waals surface area contributed by atoms with Crippen molar-refractivity contribution in [3.8, 4) is 0 Å². The van der Waals surface area contributed by atoms with E-state index in [-0.39, 0.29) is 5.60 Å². The van der Waals surface area contributed by atoms with Crippen LogP contribution < -0.4 is 0 Å². The van der Waals surface area contributed by atoms with Crippen LogP contribution in [0.4, 0.5) is 0 Å². The van der Waals surface area contributed by atoms with Crippen LogP contribution in [0.25, 0.3) is 0 Å². The lowest BCUT2D eigenvalue weighted by molar-refractivity contribution is -0.159. The Kier molecular flexibility index (Phi) is 3.98. The molecule has 10 atom stereocenters. The van der Waals surface area contributed by atoms with Crippen LogP contribution in [0.5, 0.6) is 0 Å². The number of hydrogen-bond acceptors (Lipinski definition) is 1. The zero-order valence-electron chi connectivity index (χ0n) is 18.0. The molecule has 0 amide bonds. The molecule has 5 fully saturated rings. The summed E-state index contributed by atoms with van der Waals surface area (Å²) in [6, 6.07) is 0. The maximum atomic E-state index is 6.03. The van der Waals surface area contributed by atoms with Crippen LogP contribution >= 0.6 is 0 Å². The summed E-state index contributed by atoms with van der Waals surface area (Å²) in [5.74, 6) is 6.75. The first-order valence-corrected chi connectivity index (χ1v) is 11.9. The largest absolute Gasteiger partial charge is 0.370 e. The molecule has 148 valence electrons. The fraction of sp³-hybridized carbons (Fsp3) is 1.00. The molecule has 0 bridgehead atoms. The molecule has 1 nitrogen and oxygen atoms in total. The van der Waals surface area contributed by atoms with Gasteiger partial charge >= 0.3 is 0 Å². The highest BCUT2D eigenvalue weighted by Gasteiger charge is 2.64. The van der Waals surface area contributed by atoms with Gasteiger partial charge in [-0.3, -0.25) is 0 Å². The van der Waals surface area contributed by atoms with Crippen molar-refractivity contribution in [2.45, 2.75) is 98.0 Å². The number of hydrogen-bond donors (Lipinski definition) is 0. The second-order valence-corrected chi connectivity index (χ2v) is 12.3. The molecule has 4 aliphatic carbocycles. The summed E-state index contributed by atoms with van der Waals surface area (Å²) in [6.45, 7) is 13.9. The number of epoxide rings is 1. The van der Waals surface area contributed by atoms with Gasteiger partial charge in [0.15, 0.2) is 0 Å². The summed E-state index contributed by atoms with van der Waals surface area (Å²) >= 11 is 0. The zero-order valence-corrected chi connectivity index (χ0v) is 18.0. The Hall–Kier alpha value is -0.0400. The van der Waals surface area contributed by atoms with E-state index in [0.717, 1.165) is 48.0 Å². The lowest BCUT2D eigenvalue weighted by Gasteiger charge is -2.64. The summed E-state index contributed by atoms with van der Waals surface area (Å²) in [7, 11) is 0. The first-order chi connectivity index (χ1) is 12.3. The van der Waals surface area contributed by atoms with Gasteiger partial charge in [-0.25, -0.2) is 0 Å². The predicted octanol–water partition coefficient (Wildman–Crippen LogP) is 6.71. The van der Waals surface area contributed by atoms with Crippen LogP contribution in [0.2, 0.25) is 0 Å². The Balaban J connectivity index is 1.46. The Morgan fingerprint density at radius 3 is 2.27 bits per heavy atom. The third kappa shape index (κ3) is 2.44. The Bertz CT molecular complexity index is 565. The van der Waals surface area contributed by atoms with E-state index >= 15 is 0 Å². The van der Waals surface area contributed by atoms with Gasteiger partial charge in [0.2, 0.25) is 0 Å². The van der Waals surface area contributed by atoms with E-state index < -0.39 is 0 Å². The number of fused-ring (bicyclic) bond motifs is 5. The van der Waals surface area contributed by atoms with E-state index in [4.69, 9.17) is 4.74 Å². The van der Waals surface area contributed by atoms with E-state index in [1.54, 1.807) is 0 Å². The minimum atomic E-state index is 0.226. The monoisotopic (exact) mass is 358 g/mol. The summed E-state index contributed by atoms with van der Waals surface area (Å²) in [6.07, 6.45) is 13.4. The molecule has 0 N–H and O–H groups in total. The molecule has 4 saturated carbocycles. The van der Waals surface area contributed by atoms with Crippen molar-refractivity contribution >= 4 is 0 Å². The van der Waals surface area contributed by atoms with E-state index in [1.807, 2.05) is 0 Å². The van der Waals surface area contributed by atoms with Crippen molar-refractivity contribution in [3.05, 3.63) is 0 Å². The van der Waals surface area contributed by atoms with Gasteiger partial charge in [-0.1, -0.05) is 40.5 Å². The van der Waals surface area contributed by atoms with Crippen LogP contribution in [0.1, 0.15) is 92.4 Å². The van der Waals surface area contributed by atoms with E-state index in [0.29, 0.717) is 10.8 Å². The molecule has 5 rings (SSSR count).